The first-order valence-corrected chi connectivity index (χ1v) is 9.30. The summed E-state index contributed by atoms with van der Waals surface area (Å²) in [4.78, 5) is 16.6. The van der Waals surface area contributed by atoms with Gasteiger partial charge in [0.2, 0.25) is 5.91 Å². The molecule has 2 aromatic carbocycles. The van der Waals surface area contributed by atoms with Crippen LogP contribution in [-0.4, -0.2) is 18.0 Å². The van der Waals surface area contributed by atoms with Crippen LogP contribution in [0, 0.1) is 0 Å². The van der Waals surface area contributed by atoms with Crippen molar-refractivity contribution < 1.29 is 9.53 Å². The van der Waals surface area contributed by atoms with E-state index in [2.05, 4.69) is 16.4 Å². The number of para-hydroxylation sites is 1. The molecule has 0 saturated carbocycles. The Kier molecular flexibility index (Phi) is 6.01. The smallest absolute Gasteiger partial charge is 0.220 e. The third kappa shape index (κ3) is 5.03. The minimum atomic E-state index is 0.0973. The van der Waals surface area contributed by atoms with Gasteiger partial charge in [-0.1, -0.05) is 24.3 Å². The van der Waals surface area contributed by atoms with Crippen molar-refractivity contribution in [2.24, 2.45) is 0 Å². The zero-order chi connectivity index (χ0) is 17.5. The van der Waals surface area contributed by atoms with Gasteiger partial charge in [0.25, 0.3) is 0 Å². The van der Waals surface area contributed by atoms with Crippen LogP contribution in [0.4, 0.5) is 0 Å². The average Bonchev–Trinajstić information content (AvgIpc) is 3.07. The molecule has 0 radical (unpaired) electrons. The van der Waals surface area contributed by atoms with E-state index in [-0.39, 0.29) is 5.91 Å². The van der Waals surface area contributed by atoms with Gasteiger partial charge >= 0.3 is 0 Å². The molecule has 1 heterocycles. The van der Waals surface area contributed by atoms with Gasteiger partial charge in [0, 0.05) is 13.0 Å². The minimum absolute atomic E-state index is 0.0973. The lowest BCUT2D eigenvalue weighted by atomic mass is 10.2. The van der Waals surface area contributed by atoms with Crippen LogP contribution in [-0.2, 0) is 17.8 Å². The SMILES string of the molecule is COc1ccc(CNC(=O)CCCCc2nc3ccccc3s2)cc1. The molecular weight excluding hydrogens is 332 g/mol. The molecule has 0 aliphatic heterocycles. The maximum absolute atomic E-state index is 11.9. The average molecular weight is 354 g/mol. The molecule has 0 atom stereocenters. The summed E-state index contributed by atoms with van der Waals surface area (Å²) in [6.45, 7) is 0.556. The Bertz CT molecular complexity index is 794. The fourth-order valence-electron chi connectivity index (χ4n) is 2.62. The summed E-state index contributed by atoms with van der Waals surface area (Å²) < 4.78 is 6.36. The van der Waals surface area contributed by atoms with E-state index in [1.807, 2.05) is 42.5 Å². The number of unbranched alkanes of at least 4 members (excludes halogenated alkanes) is 1. The predicted octanol–water partition coefficient (Wildman–Crippen LogP) is 4.33. The van der Waals surface area contributed by atoms with Crippen molar-refractivity contribution >= 4 is 27.5 Å². The Morgan fingerprint density at radius 2 is 1.92 bits per heavy atom. The zero-order valence-corrected chi connectivity index (χ0v) is 15.1. The number of hydrogen-bond acceptors (Lipinski definition) is 4. The van der Waals surface area contributed by atoms with E-state index in [1.54, 1.807) is 18.4 Å². The quantitative estimate of drug-likeness (QED) is 0.613. The molecule has 5 heteroatoms. The normalized spacial score (nSPS) is 10.8. The van der Waals surface area contributed by atoms with E-state index >= 15 is 0 Å². The van der Waals surface area contributed by atoms with E-state index in [0.717, 1.165) is 41.1 Å². The summed E-state index contributed by atoms with van der Waals surface area (Å²) >= 11 is 1.74. The highest BCUT2D eigenvalue weighted by atomic mass is 32.1. The lowest BCUT2D eigenvalue weighted by Crippen LogP contribution is -2.22. The van der Waals surface area contributed by atoms with Crippen LogP contribution in [0.2, 0.25) is 0 Å². The van der Waals surface area contributed by atoms with Crippen molar-refractivity contribution in [2.45, 2.75) is 32.2 Å². The number of nitrogens with one attached hydrogen (secondary N) is 1. The van der Waals surface area contributed by atoms with Crippen molar-refractivity contribution in [1.82, 2.24) is 10.3 Å². The number of amides is 1. The van der Waals surface area contributed by atoms with Gasteiger partial charge in [-0.2, -0.15) is 0 Å². The molecule has 1 amide bonds. The largest absolute Gasteiger partial charge is 0.497 e. The zero-order valence-electron chi connectivity index (χ0n) is 14.3. The maximum Gasteiger partial charge on any atom is 0.220 e. The van der Waals surface area contributed by atoms with E-state index < -0.39 is 0 Å². The van der Waals surface area contributed by atoms with Crippen LogP contribution >= 0.6 is 11.3 Å². The Morgan fingerprint density at radius 1 is 1.12 bits per heavy atom. The molecule has 0 fully saturated rings. The fraction of sp³-hybridized carbons (Fsp3) is 0.300. The fourth-order valence-corrected chi connectivity index (χ4v) is 3.63. The second-order valence-electron chi connectivity index (χ2n) is 5.91. The van der Waals surface area contributed by atoms with Crippen molar-refractivity contribution in [3.05, 3.63) is 59.1 Å². The standard InChI is InChI=1S/C20H22N2O2S/c1-24-16-12-10-15(11-13-16)14-21-19(23)8-4-5-9-20-22-17-6-2-3-7-18(17)25-20/h2-3,6-7,10-13H,4-5,8-9,14H2,1H3,(H,21,23). The van der Waals surface area contributed by atoms with Gasteiger partial charge in [0.15, 0.2) is 0 Å². The van der Waals surface area contributed by atoms with Crippen molar-refractivity contribution in [1.29, 1.82) is 0 Å². The number of carbonyl (C=O) groups excluding carboxylic acids is 1. The molecule has 0 unspecified atom stereocenters. The number of rotatable bonds is 8. The van der Waals surface area contributed by atoms with Gasteiger partial charge in [-0.15, -0.1) is 11.3 Å². The first-order valence-electron chi connectivity index (χ1n) is 8.48. The second-order valence-corrected chi connectivity index (χ2v) is 7.02. The van der Waals surface area contributed by atoms with Crippen LogP contribution in [0.1, 0.15) is 29.8 Å². The lowest BCUT2D eigenvalue weighted by molar-refractivity contribution is -0.121. The van der Waals surface area contributed by atoms with Crippen LogP contribution < -0.4 is 10.1 Å². The highest BCUT2D eigenvalue weighted by molar-refractivity contribution is 7.18. The molecule has 1 aromatic heterocycles. The molecule has 0 aliphatic carbocycles. The molecule has 130 valence electrons. The predicted molar refractivity (Wildman–Crippen MR) is 102 cm³/mol. The molecule has 0 saturated heterocycles. The summed E-state index contributed by atoms with van der Waals surface area (Å²) in [5.41, 5.74) is 2.14. The number of thiazole rings is 1. The molecule has 0 bridgehead atoms. The summed E-state index contributed by atoms with van der Waals surface area (Å²) in [5.74, 6) is 0.921. The van der Waals surface area contributed by atoms with Gasteiger partial charge in [-0.3, -0.25) is 4.79 Å². The molecule has 25 heavy (non-hydrogen) atoms. The number of nitrogens with zero attached hydrogens (tertiary/aromatic N) is 1. The van der Waals surface area contributed by atoms with Gasteiger partial charge < -0.3 is 10.1 Å². The van der Waals surface area contributed by atoms with Crippen LogP contribution in [0.15, 0.2) is 48.5 Å². The van der Waals surface area contributed by atoms with Crippen LogP contribution in [0.5, 0.6) is 5.75 Å². The number of aromatic nitrogens is 1. The third-order valence-electron chi connectivity index (χ3n) is 4.03. The van der Waals surface area contributed by atoms with E-state index in [9.17, 15) is 4.79 Å². The molecule has 3 aromatic rings. The monoisotopic (exact) mass is 354 g/mol. The lowest BCUT2D eigenvalue weighted by Gasteiger charge is -2.06. The molecule has 1 N–H and O–H groups in total. The van der Waals surface area contributed by atoms with E-state index in [0.29, 0.717) is 13.0 Å². The summed E-state index contributed by atoms with van der Waals surface area (Å²) in [6.07, 6.45) is 3.35. The van der Waals surface area contributed by atoms with Gasteiger partial charge in [-0.25, -0.2) is 4.98 Å². The van der Waals surface area contributed by atoms with Crippen molar-refractivity contribution in [3.8, 4) is 5.75 Å². The second kappa shape index (κ2) is 8.62. The van der Waals surface area contributed by atoms with E-state index in [4.69, 9.17) is 4.74 Å². The first kappa shape index (κ1) is 17.4. The van der Waals surface area contributed by atoms with Crippen LogP contribution in [0.25, 0.3) is 10.2 Å². The molecular formula is C20H22N2O2S. The number of benzene rings is 2. The Labute approximate surface area is 151 Å². The molecule has 0 aliphatic rings. The molecule has 0 spiro atoms. The topological polar surface area (TPSA) is 51.2 Å². The van der Waals surface area contributed by atoms with Crippen molar-refractivity contribution in [2.75, 3.05) is 7.11 Å². The summed E-state index contributed by atoms with van der Waals surface area (Å²) in [7, 11) is 1.64. The minimum Gasteiger partial charge on any atom is -0.497 e. The number of aryl methyl sites for hydroxylation is 1. The van der Waals surface area contributed by atoms with Crippen LogP contribution in [0.3, 0.4) is 0 Å². The number of methoxy groups -OCH3 is 1. The van der Waals surface area contributed by atoms with Gasteiger partial charge in [0.1, 0.15) is 5.75 Å². The maximum atomic E-state index is 11.9. The van der Waals surface area contributed by atoms with Gasteiger partial charge in [-0.05, 0) is 49.1 Å². The molecule has 4 nitrogen and oxygen atoms in total. The third-order valence-corrected chi connectivity index (χ3v) is 5.13. The number of carbonyl (C=O) groups is 1. The summed E-state index contributed by atoms with van der Waals surface area (Å²) in [5, 5.41) is 4.12. The summed E-state index contributed by atoms with van der Waals surface area (Å²) in [6, 6.07) is 15.9. The first-order chi connectivity index (χ1) is 12.2. The van der Waals surface area contributed by atoms with Gasteiger partial charge in [0.05, 0.1) is 22.3 Å². The number of hydrogen-bond donors (Lipinski definition) is 1. The Morgan fingerprint density at radius 3 is 2.68 bits per heavy atom. The Hall–Kier alpha value is -2.40. The Balaban J connectivity index is 1.36. The van der Waals surface area contributed by atoms with Crippen molar-refractivity contribution in [3.63, 3.8) is 0 Å². The van der Waals surface area contributed by atoms with E-state index in [1.165, 1.54) is 4.70 Å². The molecule has 3 rings (SSSR count). The highest BCUT2D eigenvalue weighted by Crippen LogP contribution is 2.22. The number of ether oxygens (including phenoxy) is 1. The number of fused-ring (bicyclic) bond motifs is 1. The highest BCUT2D eigenvalue weighted by Gasteiger charge is 2.05.